The van der Waals surface area contributed by atoms with Gasteiger partial charge in [-0.2, -0.15) is 4.98 Å². The monoisotopic (exact) mass is 398 g/mol. The summed E-state index contributed by atoms with van der Waals surface area (Å²) in [7, 11) is 3.20. The number of benzene rings is 2. The Morgan fingerprint density at radius 1 is 1.03 bits per heavy atom. The van der Waals surface area contributed by atoms with Gasteiger partial charge in [-0.05, 0) is 24.3 Å². The lowest BCUT2D eigenvalue weighted by Crippen LogP contribution is -2.46. The van der Waals surface area contributed by atoms with Crippen molar-refractivity contribution in [3.8, 4) is 22.9 Å². The van der Waals surface area contributed by atoms with Gasteiger partial charge in [0.1, 0.15) is 17.3 Å². The molecule has 1 aliphatic heterocycles. The SMILES string of the molecule is COc1ccc(-c2noc(CN3CCN(c4ccccc4F)CC3)n2)c(OC)c1. The minimum atomic E-state index is -0.184. The number of aromatic nitrogens is 2. The van der Waals surface area contributed by atoms with Gasteiger partial charge in [-0.1, -0.05) is 17.3 Å². The molecule has 0 amide bonds. The van der Waals surface area contributed by atoms with Gasteiger partial charge in [-0.25, -0.2) is 4.39 Å². The number of ether oxygens (including phenoxy) is 2. The van der Waals surface area contributed by atoms with Gasteiger partial charge in [0, 0.05) is 32.2 Å². The molecule has 3 aromatic rings. The molecular formula is C21H23FN4O3. The predicted molar refractivity (Wildman–Crippen MR) is 107 cm³/mol. The van der Waals surface area contributed by atoms with Crippen molar-refractivity contribution in [3.63, 3.8) is 0 Å². The Balaban J connectivity index is 1.40. The lowest BCUT2D eigenvalue weighted by molar-refractivity contribution is 0.215. The summed E-state index contributed by atoms with van der Waals surface area (Å²) in [6.07, 6.45) is 0. The maximum Gasteiger partial charge on any atom is 0.241 e. The average molecular weight is 398 g/mol. The van der Waals surface area contributed by atoms with E-state index in [1.807, 2.05) is 24.3 Å². The third kappa shape index (κ3) is 4.17. The highest BCUT2D eigenvalue weighted by Crippen LogP contribution is 2.31. The van der Waals surface area contributed by atoms with Crippen LogP contribution in [0.25, 0.3) is 11.4 Å². The number of anilines is 1. The summed E-state index contributed by atoms with van der Waals surface area (Å²) in [4.78, 5) is 8.80. The summed E-state index contributed by atoms with van der Waals surface area (Å²) in [5, 5.41) is 4.10. The van der Waals surface area contributed by atoms with Crippen LogP contribution in [0.3, 0.4) is 0 Å². The molecule has 0 saturated carbocycles. The summed E-state index contributed by atoms with van der Waals surface area (Å²) in [5.41, 5.74) is 1.39. The molecule has 0 N–H and O–H groups in total. The highest BCUT2D eigenvalue weighted by atomic mass is 19.1. The van der Waals surface area contributed by atoms with Crippen LogP contribution in [-0.2, 0) is 6.54 Å². The second kappa shape index (κ2) is 8.48. The van der Waals surface area contributed by atoms with E-state index >= 15 is 0 Å². The van der Waals surface area contributed by atoms with Gasteiger partial charge in [0.15, 0.2) is 0 Å². The zero-order valence-corrected chi connectivity index (χ0v) is 16.5. The summed E-state index contributed by atoms with van der Waals surface area (Å²) in [5.74, 6) is 2.15. The average Bonchev–Trinajstić information content (AvgIpc) is 3.22. The van der Waals surface area contributed by atoms with Crippen LogP contribution in [0, 0.1) is 5.82 Å². The number of halogens is 1. The van der Waals surface area contributed by atoms with E-state index in [1.54, 1.807) is 26.4 Å². The highest BCUT2D eigenvalue weighted by molar-refractivity contribution is 5.65. The topological polar surface area (TPSA) is 63.9 Å². The van der Waals surface area contributed by atoms with Crippen LogP contribution in [0.4, 0.5) is 10.1 Å². The van der Waals surface area contributed by atoms with Crippen molar-refractivity contribution in [1.82, 2.24) is 15.0 Å². The molecule has 0 unspecified atom stereocenters. The summed E-state index contributed by atoms with van der Waals surface area (Å²) in [6, 6.07) is 12.3. The zero-order chi connectivity index (χ0) is 20.2. The fraction of sp³-hybridized carbons (Fsp3) is 0.333. The van der Waals surface area contributed by atoms with Gasteiger partial charge in [-0.3, -0.25) is 4.90 Å². The van der Waals surface area contributed by atoms with E-state index in [-0.39, 0.29) is 5.82 Å². The van der Waals surface area contributed by atoms with Crippen molar-refractivity contribution in [2.75, 3.05) is 45.3 Å². The fourth-order valence-corrected chi connectivity index (χ4v) is 3.46. The van der Waals surface area contributed by atoms with Crippen molar-refractivity contribution in [3.05, 3.63) is 54.2 Å². The van der Waals surface area contributed by atoms with Crippen LogP contribution in [0.2, 0.25) is 0 Å². The third-order valence-corrected chi connectivity index (χ3v) is 5.04. The summed E-state index contributed by atoms with van der Waals surface area (Å²) < 4.78 is 30.1. The van der Waals surface area contributed by atoms with E-state index in [1.165, 1.54) is 6.07 Å². The fourth-order valence-electron chi connectivity index (χ4n) is 3.46. The Kier molecular flexibility index (Phi) is 5.62. The number of nitrogens with zero attached hydrogens (tertiary/aromatic N) is 4. The van der Waals surface area contributed by atoms with Gasteiger partial charge in [-0.15, -0.1) is 0 Å². The molecule has 0 radical (unpaired) electrons. The minimum Gasteiger partial charge on any atom is -0.497 e. The molecule has 0 bridgehead atoms. The molecule has 1 aromatic heterocycles. The molecule has 1 saturated heterocycles. The van der Waals surface area contributed by atoms with E-state index < -0.39 is 0 Å². The van der Waals surface area contributed by atoms with E-state index in [0.29, 0.717) is 35.4 Å². The van der Waals surface area contributed by atoms with Crippen LogP contribution in [0.1, 0.15) is 5.89 Å². The maximum absolute atomic E-state index is 14.0. The van der Waals surface area contributed by atoms with Crippen molar-refractivity contribution in [2.24, 2.45) is 0 Å². The van der Waals surface area contributed by atoms with E-state index in [4.69, 9.17) is 14.0 Å². The smallest absolute Gasteiger partial charge is 0.241 e. The molecule has 0 atom stereocenters. The first-order chi connectivity index (χ1) is 14.2. The van der Waals surface area contributed by atoms with Gasteiger partial charge in [0.2, 0.25) is 11.7 Å². The molecule has 4 rings (SSSR count). The Morgan fingerprint density at radius 3 is 2.55 bits per heavy atom. The van der Waals surface area contributed by atoms with E-state index in [9.17, 15) is 4.39 Å². The molecule has 29 heavy (non-hydrogen) atoms. The molecular weight excluding hydrogens is 375 g/mol. The number of methoxy groups -OCH3 is 2. The predicted octanol–water partition coefficient (Wildman–Crippen LogP) is 3.22. The molecule has 0 aliphatic carbocycles. The van der Waals surface area contributed by atoms with Crippen LogP contribution < -0.4 is 14.4 Å². The minimum absolute atomic E-state index is 0.184. The second-order valence-corrected chi connectivity index (χ2v) is 6.79. The standard InChI is InChI=1S/C21H23FN4O3/c1-27-15-7-8-16(19(13-15)28-2)21-23-20(29-24-21)14-25-9-11-26(12-10-25)18-6-4-3-5-17(18)22/h3-8,13H,9-12,14H2,1-2H3. The Labute approximate surface area is 168 Å². The first kappa shape index (κ1) is 19.2. The first-order valence-corrected chi connectivity index (χ1v) is 9.44. The Hall–Kier alpha value is -3.13. The third-order valence-electron chi connectivity index (χ3n) is 5.04. The summed E-state index contributed by atoms with van der Waals surface area (Å²) in [6.45, 7) is 3.62. The van der Waals surface area contributed by atoms with Crippen LogP contribution in [0.15, 0.2) is 47.0 Å². The first-order valence-electron chi connectivity index (χ1n) is 9.44. The van der Waals surface area contributed by atoms with Crippen molar-refractivity contribution < 1.29 is 18.4 Å². The quantitative estimate of drug-likeness (QED) is 0.632. The van der Waals surface area contributed by atoms with Crippen molar-refractivity contribution >= 4 is 5.69 Å². The maximum atomic E-state index is 14.0. The highest BCUT2D eigenvalue weighted by Gasteiger charge is 2.22. The zero-order valence-electron chi connectivity index (χ0n) is 16.5. The lowest BCUT2D eigenvalue weighted by Gasteiger charge is -2.35. The molecule has 2 heterocycles. The molecule has 0 spiro atoms. The number of hydrogen-bond donors (Lipinski definition) is 0. The number of para-hydroxylation sites is 1. The number of hydrogen-bond acceptors (Lipinski definition) is 7. The second-order valence-electron chi connectivity index (χ2n) is 6.79. The molecule has 1 aliphatic rings. The van der Waals surface area contributed by atoms with Gasteiger partial charge < -0.3 is 18.9 Å². The Bertz CT molecular complexity index is 970. The molecule has 152 valence electrons. The summed E-state index contributed by atoms with van der Waals surface area (Å²) >= 11 is 0. The normalized spacial score (nSPS) is 14.8. The van der Waals surface area contributed by atoms with Crippen molar-refractivity contribution in [2.45, 2.75) is 6.54 Å². The van der Waals surface area contributed by atoms with Gasteiger partial charge in [0.05, 0.1) is 32.0 Å². The van der Waals surface area contributed by atoms with Crippen LogP contribution in [0.5, 0.6) is 11.5 Å². The number of rotatable bonds is 6. The molecule has 1 fully saturated rings. The molecule has 2 aromatic carbocycles. The van der Waals surface area contributed by atoms with Gasteiger partial charge >= 0.3 is 0 Å². The number of piperazine rings is 1. The van der Waals surface area contributed by atoms with Gasteiger partial charge in [0.25, 0.3) is 0 Å². The van der Waals surface area contributed by atoms with E-state index in [2.05, 4.69) is 19.9 Å². The van der Waals surface area contributed by atoms with Crippen LogP contribution >= 0.6 is 0 Å². The Morgan fingerprint density at radius 2 is 1.83 bits per heavy atom. The van der Waals surface area contributed by atoms with Crippen LogP contribution in [-0.4, -0.2) is 55.4 Å². The lowest BCUT2D eigenvalue weighted by atomic mass is 10.2. The van der Waals surface area contributed by atoms with E-state index in [0.717, 1.165) is 31.7 Å². The molecule has 7 nitrogen and oxygen atoms in total. The molecule has 8 heteroatoms. The van der Waals surface area contributed by atoms with Crippen molar-refractivity contribution in [1.29, 1.82) is 0 Å². The largest absolute Gasteiger partial charge is 0.497 e.